The van der Waals surface area contributed by atoms with E-state index in [9.17, 15) is 14.0 Å². The van der Waals surface area contributed by atoms with E-state index >= 15 is 0 Å². The molecule has 1 aliphatic carbocycles. The molecular weight excluding hydrogens is 313 g/mol. The van der Waals surface area contributed by atoms with Crippen LogP contribution in [-0.2, 0) is 9.59 Å². The van der Waals surface area contributed by atoms with E-state index < -0.39 is 0 Å². The summed E-state index contributed by atoms with van der Waals surface area (Å²) in [5, 5.41) is -0.326. The van der Waals surface area contributed by atoms with Gasteiger partial charge < -0.3 is 0 Å². The number of amides is 1. The van der Waals surface area contributed by atoms with Crippen LogP contribution in [0.2, 0.25) is 0 Å². The topological polar surface area (TPSA) is 46.2 Å². The maximum Gasteiger partial charge on any atom is 0.261 e. The molecule has 3 nitrogen and oxygen atoms in total. The van der Waals surface area contributed by atoms with Crippen molar-refractivity contribution in [2.75, 3.05) is 0 Å². The molecule has 0 aliphatic heterocycles. The Balaban J connectivity index is 2.75. The third-order valence-electron chi connectivity index (χ3n) is 3.34. The average molecular weight is 335 g/mol. The highest BCUT2D eigenvalue weighted by molar-refractivity contribution is 7.99. The van der Waals surface area contributed by atoms with Crippen LogP contribution >= 0.6 is 11.9 Å². The molecule has 0 bridgehead atoms. The fourth-order valence-electron chi connectivity index (χ4n) is 1.97. The second kappa shape index (κ2) is 9.30. The molecule has 0 fully saturated rings. The van der Waals surface area contributed by atoms with Gasteiger partial charge in [0.05, 0.1) is 5.25 Å². The summed E-state index contributed by atoms with van der Waals surface area (Å²) in [6, 6.07) is 0. The quantitative estimate of drug-likeness (QED) is 0.529. The number of halogens is 1. The molecular formula is C18H22FNO2S. The lowest BCUT2D eigenvalue weighted by molar-refractivity contribution is -0.116. The zero-order valence-electron chi connectivity index (χ0n) is 13.5. The van der Waals surface area contributed by atoms with E-state index in [0.717, 1.165) is 23.9 Å². The molecule has 0 aromatic rings. The first-order valence-electron chi connectivity index (χ1n) is 7.35. The van der Waals surface area contributed by atoms with Gasteiger partial charge in [-0.15, -0.1) is 6.58 Å². The fraction of sp³-hybridized carbons (Fsp3) is 0.333. The predicted octanol–water partition coefficient (Wildman–Crippen LogP) is 4.36. The van der Waals surface area contributed by atoms with Crippen LogP contribution < -0.4 is 4.72 Å². The molecule has 0 saturated carbocycles. The van der Waals surface area contributed by atoms with Crippen molar-refractivity contribution < 1.29 is 14.0 Å². The Morgan fingerprint density at radius 2 is 2.13 bits per heavy atom. The van der Waals surface area contributed by atoms with Crippen LogP contribution in [0.5, 0.6) is 0 Å². The van der Waals surface area contributed by atoms with Crippen molar-refractivity contribution in [1.29, 1.82) is 0 Å². The Morgan fingerprint density at radius 3 is 2.70 bits per heavy atom. The van der Waals surface area contributed by atoms with Crippen LogP contribution in [-0.4, -0.2) is 16.9 Å². The van der Waals surface area contributed by atoms with Crippen molar-refractivity contribution in [3.05, 3.63) is 60.0 Å². The number of Topliss-reactive ketones (excluding diaryl/α,β-unsaturated/α-hetero) is 1. The smallest absolute Gasteiger partial charge is 0.261 e. The van der Waals surface area contributed by atoms with Crippen LogP contribution in [0, 0.1) is 0 Å². The first-order valence-corrected chi connectivity index (χ1v) is 8.23. The van der Waals surface area contributed by atoms with Gasteiger partial charge in [0, 0.05) is 5.57 Å². The molecule has 0 aromatic heterocycles. The average Bonchev–Trinajstić information content (AvgIpc) is 2.67. The summed E-state index contributed by atoms with van der Waals surface area (Å²) in [5.41, 5.74) is 2.00. The summed E-state index contributed by atoms with van der Waals surface area (Å²) in [6.07, 6.45) is 7.27. The molecule has 0 heterocycles. The molecule has 0 spiro atoms. The van der Waals surface area contributed by atoms with Crippen LogP contribution in [0.3, 0.4) is 0 Å². The summed E-state index contributed by atoms with van der Waals surface area (Å²) in [5.74, 6) is -0.743. The summed E-state index contributed by atoms with van der Waals surface area (Å²) in [4.78, 5) is 24.0. The van der Waals surface area contributed by atoms with Gasteiger partial charge >= 0.3 is 0 Å². The molecule has 1 rings (SSSR count). The maximum atomic E-state index is 13.3. The van der Waals surface area contributed by atoms with Gasteiger partial charge in [-0.1, -0.05) is 18.2 Å². The zero-order chi connectivity index (χ0) is 17.4. The van der Waals surface area contributed by atoms with E-state index in [2.05, 4.69) is 17.9 Å². The minimum absolute atomic E-state index is 0.00130. The number of rotatable bonds is 8. The van der Waals surface area contributed by atoms with Crippen LogP contribution in [0.4, 0.5) is 4.39 Å². The van der Waals surface area contributed by atoms with Gasteiger partial charge in [0.15, 0.2) is 0 Å². The molecule has 23 heavy (non-hydrogen) atoms. The van der Waals surface area contributed by atoms with Crippen molar-refractivity contribution >= 4 is 23.6 Å². The van der Waals surface area contributed by atoms with Gasteiger partial charge in [-0.05, 0) is 68.9 Å². The van der Waals surface area contributed by atoms with E-state index in [1.807, 2.05) is 6.92 Å². The van der Waals surface area contributed by atoms with Crippen LogP contribution in [0.1, 0.15) is 33.1 Å². The third-order valence-corrected chi connectivity index (χ3v) is 4.50. The predicted molar refractivity (Wildman–Crippen MR) is 94.4 cm³/mol. The SMILES string of the molecule is C=CC1=C(C(=O)NSC(CCC(=C)C)C(C)=O)C=CC(F)=CC1. The Hall–Kier alpha value is -1.88. The van der Waals surface area contributed by atoms with Gasteiger partial charge in [-0.25, -0.2) is 4.39 Å². The standard InChI is InChI=1S/C18H22FNO2S/c1-5-14-7-8-15(19)9-10-16(14)18(22)20-23-17(13(4)21)11-6-12(2)3/h5,8-10,17H,1-2,6-7,11H2,3-4H3,(H,20,22). The summed E-state index contributed by atoms with van der Waals surface area (Å²) in [7, 11) is 0. The number of carbonyl (C=O) groups excluding carboxylic acids is 2. The highest BCUT2D eigenvalue weighted by Crippen LogP contribution is 2.22. The number of nitrogens with one attached hydrogen (secondary N) is 1. The Labute approximate surface area is 141 Å². The lowest BCUT2D eigenvalue weighted by atomic mass is 10.1. The molecule has 5 heteroatoms. The van der Waals surface area contributed by atoms with Crippen molar-refractivity contribution in [1.82, 2.24) is 4.72 Å². The van der Waals surface area contributed by atoms with Gasteiger partial charge in [-0.2, -0.15) is 0 Å². The Kier molecular flexibility index (Phi) is 7.75. The first-order chi connectivity index (χ1) is 10.8. The lowest BCUT2D eigenvalue weighted by Crippen LogP contribution is -2.25. The second-order valence-corrected chi connectivity index (χ2v) is 6.42. The number of allylic oxidation sites excluding steroid dienone is 6. The minimum Gasteiger partial charge on any atom is -0.299 e. The third kappa shape index (κ3) is 6.40. The zero-order valence-corrected chi connectivity index (χ0v) is 14.3. The highest BCUT2D eigenvalue weighted by Gasteiger charge is 2.19. The van der Waals surface area contributed by atoms with E-state index in [0.29, 0.717) is 24.0 Å². The number of ketones is 1. The molecule has 1 aliphatic rings. The van der Waals surface area contributed by atoms with Crippen molar-refractivity contribution in [2.45, 2.75) is 38.4 Å². The molecule has 1 amide bonds. The summed E-state index contributed by atoms with van der Waals surface area (Å²) < 4.78 is 16.0. The summed E-state index contributed by atoms with van der Waals surface area (Å²) in [6.45, 7) is 10.9. The maximum absolute atomic E-state index is 13.3. The molecule has 0 aromatic carbocycles. The largest absolute Gasteiger partial charge is 0.299 e. The van der Waals surface area contributed by atoms with Gasteiger partial charge in [-0.3, -0.25) is 14.3 Å². The molecule has 1 atom stereocenters. The van der Waals surface area contributed by atoms with Gasteiger partial charge in [0.2, 0.25) is 0 Å². The van der Waals surface area contributed by atoms with Crippen LogP contribution in [0.25, 0.3) is 0 Å². The number of carbonyl (C=O) groups is 2. The minimum atomic E-state index is -0.386. The molecule has 1 unspecified atom stereocenters. The second-order valence-electron chi connectivity index (χ2n) is 5.41. The monoisotopic (exact) mass is 335 g/mol. The van der Waals surface area contributed by atoms with Crippen molar-refractivity contribution in [3.63, 3.8) is 0 Å². The molecule has 0 saturated heterocycles. The van der Waals surface area contributed by atoms with E-state index in [4.69, 9.17) is 0 Å². The van der Waals surface area contributed by atoms with E-state index in [1.54, 1.807) is 6.08 Å². The van der Waals surface area contributed by atoms with Crippen LogP contribution in [0.15, 0.2) is 60.0 Å². The Morgan fingerprint density at radius 1 is 1.43 bits per heavy atom. The van der Waals surface area contributed by atoms with Crippen molar-refractivity contribution in [2.24, 2.45) is 0 Å². The van der Waals surface area contributed by atoms with E-state index in [-0.39, 0.29) is 22.8 Å². The molecule has 0 radical (unpaired) electrons. The fourth-order valence-corrected chi connectivity index (χ4v) is 2.73. The number of hydrogen-bond donors (Lipinski definition) is 1. The molecule has 1 N–H and O–H groups in total. The Bertz CT molecular complexity index is 602. The number of hydrogen-bond acceptors (Lipinski definition) is 3. The summed E-state index contributed by atoms with van der Waals surface area (Å²) >= 11 is 1.09. The van der Waals surface area contributed by atoms with Gasteiger partial charge in [0.25, 0.3) is 5.91 Å². The highest BCUT2D eigenvalue weighted by atomic mass is 32.2. The van der Waals surface area contributed by atoms with Gasteiger partial charge in [0.1, 0.15) is 11.6 Å². The molecule has 124 valence electrons. The van der Waals surface area contributed by atoms with Crippen molar-refractivity contribution in [3.8, 4) is 0 Å². The first kappa shape index (κ1) is 19.2. The van der Waals surface area contributed by atoms with E-state index in [1.165, 1.54) is 25.2 Å². The lowest BCUT2D eigenvalue weighted by Gasteiger charge is -2.14. The normalized spacial score (nSPS) is 15.5.